The van der Waals surface area contributed by atoms with Crippen LogP contribution in [0.5, 0.6) is 5.75 Å². The average molecular weight is 437 g/mol. The van der Waals surface area contributed by atoms with Crippen LogP contribution >= 0.6 is 0 Å². The van der Waals surface area contributed by atoms with E-state index in [9.17, 15) is 13.2 Å². The molecule has 1 amide bonds. The topological polar surface area (TPSA) is 84.5 Å². The zero-order valence-electron chi connectivity index (χ0n) is 17.2. The minimum atomic E-state index is -3.74. The second-order valence-electron chi connectivity index (χ2n) is 7.61. The van der Waals surface area contributed by atoms with Gasteiger partial charge in [-0.05, 0) is 48.2 Å². The predicted molar refractivity (Wildman–Crippen MR) is 119 cm³/mol. The van der Waals surface area contributed by atoms with E-state index in [1.54, 1.807) is 24.3 Å². The molecular weight excluding hydrogens is 412 g/mol. The van der Waals surface area contributed by atoms with Crippen LogP contribution < -0.4 is 14.8 Å². The predicted octanol–water partition coefficient (Wildman–Crippen LogP) is 3.84. The van der Waals surface area contributed by atoms with Gasteiger partial charge in [0.25, 0.3) is 10.0 Å². The highest BCUT2D eigenvalue weighted by molar-refractivity contribution is 7.92. The third kappa shape index (κ3) is 4.56. The maximum atomic E-state index is 12.8. The zero-order chi connectivity index (χ0) is 21.9. The van der Waals surface area contributed by atoms with Crippen molar-refractivity contribution in [1.82, 2.24) is 5.32 Å². The molecule has 2 N–H and O–H groups in total. The number of hydrogen-bond donors (Lipinski definition) is 2. The van der Waals surface area contributed by atoms with Crippen molar-refractivity contribution in [3.05, 3.63) is 90.0 Å². The van der Waals surface area contributed by atoms with Gasteiger partial charge in [-0.3, -0.25) is 9.52 Å². The lowest BCUT2D eigenvalue weighted by Crippen LogP contribution is -2.34. The fourth-order valence-electron chi connectivity index (χ4n) is 3.56. The van der Waals surface area contributed by atoms with Crippen LogP contribution in [0.3, 0.4) is 0 Å². The molecule has 4 rings (SSSR count). The van der Waals surface area contributed by atoms with Crippen LogP contribution in [0.4, 0.5) is 5.69 Å². The molecule has 1 aliphatic carbocycles. The number of sulfonamides is 1. The Kier molecular flexibility index (Phi) is 5.69. The molecule has 0 spiro atoms. The highest BCUT2D eigenvalue weighted by Crippen LogP contribution is 2.48. The van der Waals surface area contributed by atoms with Gasteiger partial charge in [-0.25, -0.2) is 8.42 Å². The van der Waals surface area contributed by atoms with Crippen LogP contribution in [0.2, 0.25) is 0 Å². The molecule has 0 radical (unpaired) electrons. The molecule has 1 saturated carbocycles. The second kappa shape index (κ2) is 8.43. The van der Waals surface area contributed by atoms with Crippen molar-refractivity contribution in [3.8, 4) is 5.75 Å². The third-order valence-corrected chi connectivity index (χ3v) is 6.90. The first-order valence-corrected chi connectivity index (χ1v) is 11.5. The summed E-state index contributed by atoms with van der Waals surface area (Å²) in [5, 5.41) is 3.02. The second-order valence-corrected chi connectivity index (χ2v) is 9.29. The number of amides is 1. The quantitative estimate of drug-likeness (QED) is 0.562. The average Bonchev–Trinajstić information content (AvgIpc) is 3.60. The van der Waals surface area contributed by atoms with E-state index in [2.05, 4.69) is 10.0 Å². The van der Waals surface area contributed by atoms with E-state index in [-0.39, 0.29) is 10.8 Å². The minimum absolute atomic E-state index is 0.000986. The van der Waals surface area contributed by atoms with Gasteiger partial charge < -0.3 is 10.1 Å². The lowest BCUT2D eigenvalue weighted by molar-refractivity contribution is -0.123. The summed E-state index contributed by atoms with van der Waals surface area (Å²) in [6, 6.07) is 23.1. The third-order valence-electron chi connectivity index (χ3n) is 5.52. The van der Waals surface area contributed by atoms with Crippen molar-refractivity contribution in [1.29, 1.82) is 0 Å². The summed E-state index contributed by atoms with van der Waals surface area (Å²) < 4.78 is 33.0. The van der Waals surface area contributed by atoms with Gasteiger partial charge in [-0.2, -0.15) is 0 Å². The number of carbonyl (C=O) groups is 1. The molecule has 6 nitrogen and oxygen atoms in total. The van der Waals surface area contributed by atoms with Crippen LogP contribution in [-0.4, -0.2) is 21.4 Å². The number of methoxy groups -OCH3 is 1. The Morgan fingerprint density at radius 1 is 0.968 bits per heavy atom. The molecule has 0 saturated heterocycles. The molecule has 3 aromatic carbocycles. The number of carbonyl (C=O) groups excluding carboxylic acids is 1. The highest BCUT2D eigenvalue weighted by Gasteiger charge is 2.51. The molecule has 3 aromatic rings. The molecule has 31 heavy (non-hydrogen) atoms. The first-order valence-electron chi connectivity index (χ1n) is 10.0. The number of nitrogens with one attached hydrogen (secondary N) is 2. The Morgan fingerprint density at radius 2 is 1.68 bits per heavy atom. The van der Waals surface area contributed by atoms with Crippen LogP contribution in [0.25, 0.3) is 0 Å². The maximum absolute atomic E-state index is 12.8. The lowest BCUT2D eigenvalue weighted by atomic mass is 9.94. The fourth-order valence-corrected chi connectivity index (χ4v) is 4.65. The van der Waals surface area contributed by atoms with Crippen LogP contribution in [0.15, 0.2) is 83.8 Å². The smallest absolute Gasteiger partial charge is 0.262 e. The molecule has 1 aliphatic rings. The first kappa shape index (κ1) is 20.9. The molecule has 0 unspecified atom stereocenters. The Bertz CT molecular complexity index is 1170. The summed E-state index contributed by atoms with van der Waals surface area (Å²) in [6.45, 7) is 0.486. The van der Waals surface area contributed by atoms with Gasteiger partial charge in [0, 0.05) is 18.3 Å². The number of anilines is 1. The maximum Gasteiger partial charge on any atom is 0.262 e. The van der Waals surface area contributed by atoms with E-state index < -0.39 is 15.4 Å². The van der Waals surface area contributed by atoms with Crippen LogP contribution in [0.1, 0.15) is 24.0 Å². The lowest BCUT2D eigenvalue weighted by Gasteiger charge is -2.17. The van der Waals surface area contributed by atoms with E-state index in [0.717, 1.165) is 24.0 Å². The van der Waals surface area contributed by atoms with Gasteiger partial charge in [0.2, 0.25) is 5.91 Å². The Labute approximate surface area is 182 Å². The van der Waals surface area contributed by atoms with Crippen molar-refractivity contribution in [2.45, 2.75) is 29.7 Å². The largest absolute Gasteiger partial charge is 0.497 e. The molecule has 0 aliphatic heterocycles. The Balaban J connectivity index is 1.44. The normalized spacial score (nSPS) is 14.5. The number of ether oxygens (including phenoxy) is 1. The molecule has 1 fully saturated rings. The Morgan fingerprint density at radius 3 is 2.32 bits per heavy atom. The van der Waals surface area contributed by atoms with Crippen molar-refractivity contribution >= 4 is 21.6 Å². The van der Waals surface area contributed by atoms with Gasteiger partial charge in [-0.1, -0.05) is 48.5 Å². The number of benzene rings is 3. The van der Waals surface area contributed by atoms with Gasteiger partial charge in [-0.15, -0.1) is 0 Å². The van der Waals surface area contributed by atoms with Crippen LogP contribution in [-0.2, 0) is 26.8 Å². The minimum Gasteiger partial charge on any atom is -0.497 e. The number of hydrogen-bond acceptors (Lipinski definition) is 4. The van der Waals surface area contributed by atoms with Gasteiger partial charge in [0.05, 0.1) is 17.4 Å². The van der Waals surface area contributed by atoms with Crippen molar-refractivity contribution in [3.63, 3.8) is 0 Å². The first-order chi connectivity index (χ1) is 14.9. The van der Waals surface area contributed by atoms with Crippen molar-refractivity contribution in [2.75, 3.05) is 11.8 Å². The van der Waals surface area contributed by atoms with E-state index >= 15 is 0 Å². The summed E-state index contributed by atoms with van der Waals surface area (Å²) >= 11 is 0. The van der Waals surface area contributed by atoms with Crippen molar-refractivity contribution in [2.24, 2.45) is 0 Å². The van der Waals surface area contributed by atoms with Gasteiger partial charge in [0.15, 0.2) is 0 Å². The zero-order valence-corrected chi connectivity index (χ0v) is 18.0. The molecule has 0 atom stereocenters. The fraction of sp³-hybridized carbons (Fsp3) is 0.208. The summed E-state index contributed by atoms with van der Waals surface area (Å²) in [5.41, 5.74) is 1.85. The molecule has 0 heterocycles. The molecule has 7 heteroatoms. The van der Waals surface area contributed by atoms with Gasteiger partial charge in [0.1, 0.15) is 5.75 Å². The van der Waals surface area contributed by atoms with Crippen molar-refractivity contribution < 1.29 is 17.9 Å². The summed E-state index contributed by atoms with van der Waals surface area (Å²) in [7, 11) is -2.26. The van der Waals surface area contributed by atoms with E-state index in [0.29, 0.717) is 18.0 Å². The molecule has 0 aromatic heterocycles. The summed E-state index contributed by atoms with van der Waals surface area (Å²) in [5.74, 6) is 0.469. The van der Waals surface area contributed by atoms with Crippen LogP contribution in [0, 0.1) is 0 Å². The van der Waals surface area contributed by atoms with E-state index in [4.69, 9.17) is 4.74 Å². The molecular formula is C24H24N2O4S. The molecule has 160 valence electrons. The monoisotopic (exact) mass is 436 g/mol. The standard InChI is InChI=1S/C24H24N2O4S/c1-30-21-8-5-9-22(16-21)31(28,29)26-20-12-10-19(11-13-20)24(14-15-24)23(27)25-17-18-6-3-2-4-7-18/h2-13,16,26H,14-15,17H2,1H3,(H,25,27). The summed E-state index contributed by atoms with van der Waals surface area (Å²) in [4.78, 5) is 12.9. The van der Waals surface area contributed by atoms with Gasteiger partial charge >= 0.3 is 0 Å². The summed E-state index contributed by atoms with van der Waals surface area (Å²) in [6.07, 6.45) is 1.56. The highest BCUT2D eigenvalue weighted by atomic mass is 32.2. The SMILES string of the molecule is COc1cccc(S(=O)(=O)Nc2ccc(C3(C(=O)NCc4ccccc4)CC3)cc2)c1. The molecule has 0 bridgehead atoms. The van der Waals surface area contributed by atoms with E-state index in [1.165, 1.54) is 19.2 Å². The Hall–Kier alpha value is -3.32. The number of rotatable bonds is 8. The van der Waals surface area contributed by atoms with E-state index in [1.807, 2.05) is 42.5 Å².